The van der Waals surface area contributed by atoms with E-state index < -0.39 is 9.84 Å². The minimum absolute atomic E-state index is 0.00628. The summed E-state index contributed by atoms with van der Waals surface area (Å²) in [6.45, 7) is 0. The molecule has 2 aliphatic heterocycles. The Hall–Kier alpha value is -4.78. The zero-order valence-corrected chi connectivity index (χ0v) is 23.5. The summed E-state index contributed by atoms with van der Waals surface area (Å²) in [7, 11) is -3.77. The van der Waals surface area contributed by atoms with Gasteiger partial charge >= 0.3 is 0 Å². The van der Waals surface area contributed by atoms with Crippen molar-refractivity contribution in [3.05, 3.63) is 72.3 Å². The molecule has 4 N–H and O–H groups in total. The topological polar surface area (TPSA) is 172 Å². The molecule has 2 bridgehead atoms. The number of benzene rings is 1. The van der Waals surface area contributed by atoms with Crippen molar-refractivity contribution in [2.24, 2.45) is 0 Å². The van der Waals surface area contributed by atoms with Gasteiger partial charge in [-0.1, -0.05) is 36.4 Å². The number of aromatic hydroxyl groups is 1. The molecule has 1 aromatic carbocycles. The van der Waals surface area contributed by atoms with Crippen molar-refractivity contribution < 1.29 is 18.3 Å². The lowest BCUT2D eigenvalue weighted by atomic mass is 9.87. The quantitative estimate of drug-likeness (QED) is 0.280. The number of pyridine rings is 1. The summed E-state index contributed by atoms with van der Waals surface area (Å²) in [5.74, 6) is -0.794. The normalized spacial score (nSPS) is 20.3. The van der Waals surface area contributed by atoms with Gasteiger partial charge in [0, 0.05) is 47.1 Å². The summed E-state index contributed by atoms with van der Waals surface area (Å²) in [5.41, 5.74) is 10.7. The molecule has 0 radical (unpaired) electrons. The van der Waals surface area contributed by atoms with Crippen molar-refractivity contribution in [2.45, 2.75) is 48.6 Å². The van der Waals surface area contributed by atoms with Crippen molar-refractivity contribution in [3.8, 4) is 28.3 Å². The molecule has 4 aromatic heterocycles. The highest BCUT2D eigenvalue weighted by Gasteiger charge is 2.46. The maximum absolute atomic E-state index is 13.3. The van der Waals surface area contributed by atoms with Crippen LogP contribution < -0.4 is 5.73 Å². The van der Waals surface area contributed by atoms with Gasteiger partial charge in [-0.3, -0.25) is 9.78 Å². The number of carbonyl (C=O) groups is 1. The van der Waals surface area contributed by atoms with Crippen LogP contribution in [0.3, 0.4) is 0 Å². The van der Waals surface area contributed by atoms with E-state index in [9.17, 15) is 18.3 Å². The van der Waals surface area contributed by atoms with E-state index in [1.807, 2.05) is 42.5 Å². The van der Waals surface area contributed by atoms with Crippen molar-refractivity contribution in [3.63, 3.8) is 0 Å². The average Bonchev–Trinajstić information content (AvgIpc) is 3.68. The first-order valence-electron chi connectivity index (χ1n) is 13.6. The Balaban J connectivity index is 1.28. The summed E-state index contributed by atoms with van der Waals surface area (Å²) in [5, 5.41) is 20.6. The van der Waals surface area contributed by atoms with Gasteiger partial charge in [0.25, 0.3) is 5.91 Å². The highest BCUT2D eigenvalue weighted by molar-refractivity contribution is 7.91. The predicted molar refractivity (Wildman–Crippen MR) is 154 cm³/mol. The van der Waals surface area contributed by atoms with Crippen LogP contribution in [0, 0.1) is 0 Å². The fourth-order valence-corrected chi connectivity index (χ4v) is 7.58. The molecule has 13 heteroatoms. The van der Waals surface area contributed by atoms with E-state index in [2.05, 4.69) is 20.3 Å². The summed E-state index contributed by atoms with van der Waals surface area (Å²) in [4.78, 5) is 24.6. The van der Waals surface area contributed by atoms with E-state index in [0.717, 1.165) is 35.9 Å². The van der Waals surface area contributed by atoms with E-state index in [1.165, 1.54) is 10.7 Å². The number of anilines is 1. The number of nitrogen functional groups attached to an aromatic ring is 1. The van der Waals surface area contributed by atoms with Gasteiger partial charge in [-0.15, -0.1) is 0 Å². The lowest BCUT2D eigenvalue weighted by Crippen LogP contribution is -2.46. The van der Waals surface area contributed by atoms with Crippen LogP contribution in [-0.4, -0.2) is 72.5 Å². The van der Waals surface area contributed by atoms with Gasteiger partial charge in [0.1, 0.15) is 16.3 Å². The number of hydrogen-bond acceptors (Lipinski definition) is 9. The second-order valence-corrected chi connectivity index (χ2v) is 12.9. The number of nitrogens with zero attached hydrogens (tertiary/aromatic N) is 6. The minimum atomic E-state index is -3.77. The summed E-state index contributed by atoms with van der Waals surface area (Å²) >= 11 is 0. The Morgan fingerprint density at radius 2 is 1.76 bits per heavy atom. The number of nitrogens with one attached hydrogen (secondary N) is 1. The maximum Gasteiger partial charge on any atom is 0.261 e. The van der Waals surface area contributed by atoms with Crippen molar-refractivity contribution in [2.75, 3.05) is 12.0 Å². The van der Waals surface area contributed by atoms with Gasteiger partial charge in [0.05, 0.1) is 23.8 Å². The van der Waals surface area contributed by atoms with E-state index >= 15 is 0 Å². The molecule has 42 heavy (non-hydrogen) atoms. The lowest BCUT2D eigenvalue weighted by Gasteiger charge is -2.39. The number of aromatic nitrogens is 6. The van der Waals surface area contributed by atoms with Gasteiger partial charge in [0.2, 0.25) is 5.88 Å². The van der Waals surface area contributed by atoms with Crippen molar-refractivity contribution in [1.82, 2.24) is 34.7 Å². The minimum Gasteiger partial charge on any atom is -0.493 e. The second kappa shape index (κ2) is 9.65. The van der Waals surface area contributed by atoms with Crippen LogP contribution in [0.1, 0.15) is 47.7 Å². The van der Waals surface area contributed by atoms with Crippen molar-refractivity contribution in [1.29, 1.82) is 0 Å². The van der Waals surface area contributed by atoms with Crippen LogP contribution in [0.4, 0.5) is 5.82 Å². The van der Waals surface area contributed by atoms with Crippen molar-refractivity contribution >= 4 is 27.2 Å². The zero-order valence-electron chi connectivity index (χ0n) is 22.7. The number of sulfone groups is 1. The van der Waals surface area contributed by atoms with Crippen LogP contribution in [0.25, 0.3) is 28.0 Å². The monoisotopic (exact) mass is 584 g/mol. The molecule has 2 fully saturated rings. The third kappa shape index (κ3) is 4.19. The Morgan fingerprint density at radius 3 is 2.38 bits per heavy atom. The molecule has 1 amide bonds. The molecule has 214 valence electrons. The molecule has 0 unspecified atom stereocenters. The molecule has 12 nitrogen and oxygen atoms in total. The average molecular weight is 585 g/mol. The summed E-state index contributed by atoms with van der Waals surface area (Å²) < 4.78 is 27.5. The Labute approximate surface area is 241 Å². The van der Waals surface area contributed by atoms with Gasteiger partial charge in [-0.2, -0.15) is 14.7 Å². The van der Waals surface area contributed by atoms with Crippen LogP contribution in [0.15, 0.2) is 66.0 Å². The standard InChI is InChI=1S/C29H28N8O4S/c1-42(40,41)25-24(18-11-19-8-9-20(12-18)36(19)29(39)22-14-32-35-28(22)38)34-27-21(15-33-37(27)26(25)30)17-7-10-23(31-13-17)16-5-3-2-4-6-16/h2-7,10,13-15,18-20H,8-9,11-12,30H2,1H3,(H2,32,35,38)/t18-,19-,20+. The van der Waals surface area contributed by atoms with Gasteiger partial charge < -0.3 is 15.7 Å². The number of nitrogens with two attached hydrogens (primary N) is 1. The molecular formula is C29H28N8O4S. The Bertz CT molecular complexity index is 1920. The second-order valence-electron chi connectivity index (χ2n) is 11.0. The van der Waals surface area contributed by atoms with Crippen LogP contribution in [-0.2, 0) is 9.84 Å². The van der Waals surface area contributed by atoms with Crippen LogP contribution >= 0.6 is 0 Å². The lowest BCUT2D eigenvalue weighted by molar-refractivity contribution is 0.0565. The molecule has 3 atom stereocenters. The number of fused-ring (bicyclic) bond motifs is 3. The SMILES string of the molecule is CS(=O)(=O)c1c([C@@H]2C[C@H]3CC[C@@H](C2)N3C(=O)c2cn[nH]c2O)nc2c(-c3ccc(-c4ccccc4)nc3)cnn2c1N. The molecule has 6 heterocycles. The first-order chi connectivity index (χ1) is 20.2. The van der Waals surface area contributed by atoms with E-state index in [0.29, 0.717) is 29.7 Å². The fourth-order valence-electron chi connectivity index (χ4n) is 6.52. The zero-order chi connectivity index (χ0) is 29.2. The molecule has 0 aliphatic carbocycles. The molecular weight excluding hydrogens is 556 g/mol. The highest BCUT2D eigenvalue weighted by atomic mass is 32.2. The predicted octanol–water partition coefficient (Wildman–Crippen LogP) is 3.42. The van der Waals surface area contributed by atoms with Crippen LogP contribution in [0.2, 0.25) is 0 Å². The van der Waals surface area contributed by atoms with E-state index in [1.54, 1.807) is 17.3 Å². The third-order valence-electron chi connectivity index (χ3n) is 8.38. The van der Waals surface area contributed by atoms with Crippen LogP contribution in [0.5, 0.6) is 5.88 Å². The molecule has 0 spiro atoms. The number of hydrogen-bond donors (Lipinski definition) is 3. The number of H-pyrrole nitrogens is 1. The molecule has 5 aromatic rings. The fraction of sp³-hybridized carbons (Fsp3) is 0.276. The molecule has 2 aliphatic rings. The smallest absolute Gasteiger partial charge is 0.261 e. The van der Waals surface area contributed by atoms with E-state index in [-0.39, 0.29) is 46.1 Å². The highest BCUT2D eigenvalue weighted by Crippen LogP contribution is 2.46. The maximum atomic E-state index is 13.3. The number of piperidine rings is 1. The molecule has 7 rings (SSSR count). The Morgan fingerprint density at radius 1 is 1.02 bits per heavy atom. The first-order valence-corrected chi connectivity index (χ1v) is 15.5. The Kier molecular flexibility index (Phi) is 6.01. The van der Waals surface area contributed by atoms with Gasteiger partial charge in [-0.05, 0) is 31.7 Å². The third-order valence-corrected chi connectivity index (χ3v) is 9.54. The van der Waals surface area contributed by atoms with E-state index in [4.69, 9.17) is 10.7 Å². The summed E-state index contributed by atoms with van der Waals surface area (Å²) in [6, 6.07) is 13.4. The number of aromatic amines is 1. The largest absolute Gasteiger partial charge is 0.493 e. The molecule has 0 saturated carbocycles. The molecule has 2 saturated heterocycles. The van der Waals surface area contributed by atoms with Gasteiger partial charge in [0.15, 0.2) is 15.5 Å². The number of carbonyl (C=O) groups excluding carboxylic acids is 1. The number of amides is 1. The number of rotatable bonds is 5. The first kappa shape index (κ1) is 26.1. The van der Waals surface area contributed by atoms with Gasteiger partial charge in [-0.25, -0.2) is 18.5 Å². The summed E-state index contributed by atoms with van der Waals surface area (Å²) in [6.07, 6.45) is 8.40.